The summed E-state index contributed by atoms with van der Waals surface area (Å²) in [7, 11) is 5.51. The van der Waals surface area contributed by atoms with Crippen molar-refractivity contribution in [1.29, 1.82) is 0 Å². The second-order valence-electron chi connectivity index (χ2n) is 5.28. The Morgan fingerprint density at radius 3 is 2.74 bits per heavy atom. The molecule has 0 saturated carbocycles. The Labute approximate surface area is 114 Å². The number of likely N-dealkylation sites (tertiary alicyclic amines) is 1. The SMILES string of the molecule is CN=C1NC(OC)C(NC)=C2CC(N3CCC3)CN12. The molecular weight excluding hydrogens is 242 g/mol. The maximum absolute atomic E-state index is 5.52. The van der Waals surface area contributed by atoms with Gasteiger partial charge >= 0.3 is 0 Å². The van der Waals surface area contributed by atoms with E-state index < -0.39 is 0 Å². The minimum Gasteiger partial charge on any atom is -0.386 e. The van der Waals surface area contributed by atoms with E-state index in [0.29, 0.717) is 6.04 Å². The lowest BCUT2D eigenvalue weighted by atomic mass is 10.1. The van der Waals surface area contributed by atoms with Crippen molar-refractivity contribution in [2.75, 3.05) is 40.8 Å². The molecule has 0 aromatic rings. The van der Waals surface area contributed by atoms with Crippen LogP contribution in [0.25, 0.3) is 0 Å². The topological polar surface area (TPSA) is 52.1 Å². The number of fused-ring (bicyclic) bond motifs is 1. The molecule has 0 amide bonds. The van der Waals surface area contributed by atoms with Gasteiger partial charge in [-0.1, -0.05) is 0 Å². The van der Waals surface area contributed by atoms with Crippen molar-refractivity contribution in [1.82, 2.24) is 20.4 Å². The van der Waals surface area contributed by atoms with Crippen LogP contribution in [0, 0.1) is 0 Å². The Morgan fingerprint density at radius 1 is 1.42 bits per heavy atom. The highest BCUT2D eigenvalue weighted by Crippen LogP contribution is 2.32. The highest BCUT2D eigenvalue weighted by molar-refractivity contribution is 5.84. The molecule has 3 heterocycles. The fourth-order valence-corrected chi connectivity index (χ4v) is 3.20. The van der Waals surface area contributed by atoms with Crippen LogP contribution >= 0.6 is 0 Å². The molecule has 19 heavy (non-hydrogen) atoms. The van der Waals surface area contributed by atoms with Gasteiger partial charge in [-0.05, 0) is 19.5 Å². The molecule has 3 aliphatic heterocycles. The molecule has 6 nitrogen and oxygen atoms in total. The zero-order valence-corrected chi connectivity index (χ0v) is 11.9. The highest BCUT2D eigenvalue weighted by atomic mass is 16.5. The first-order valence-corrected chi connectivity index (χ1v) is 6.97. The molecule has 3 aliphatic rings. The Kier molecular flexibility index (Phi) is 3.36. The molecule has 2 N–H and O–H groups in total. The van der Waals surface area contributed by atoms with Crippen molar-refractivity contribution < 1.29 is 4.74 Å². The van der Waals surface area contributed by atoms with Crippen molar-refractivity contribution in [3.05, 3.63) is 11.4 Å². The Balaban J connectivity index is 1.90. The Morgan fingerprint density at radius 2 is 2.21 bits per heavy atom. The second kappa shape index (κ2) is 5.02. The second-order valence-corrected chi connectivity index (χ2v) is 5.28. The number of likely N-dealkylation sites (N-methyl/N-ethyl adjacent to an activating group) is 1. The van der Waals surface area contributed by atoms with Crippen LogP contribution in [-0.2, 0) is 4.74 Å². The quantitative estimate of drug-likeness (QED) is 0.737. The molecule has 0 spiro atoms. The zero-order chi connectivity index (χ0) is 13.4. The van der Waals surface area contributed by atoms with Gasteiger partial charge < -0.3 is 20.3 Å². The van der Waals surface area contributed by atoms with E-state index in [4.69, 9.17) is 4.74 Å². The summed E-state index contributed by atoms with van der Waals surface area (Å²) in [6.45, 7) is 3.50. The fourth-order valence-electron chi connectivity index (χ4n) is 3.20. The number of methoxy groups -OCH3 is 1. The Bertz CT molecular complexity index is 415. The predicted molar refractivity (Wildman–Crippen MR) is 74.7 cm³/mol. The summed E-state index contributed by atoms with van der Waals surface area (Å²) in [5, 5.41) is 6.63. The maximum atomic E-state index is 5.52. The third-order valence-corrected chi connectivity index (χ3v) is 4.36. The van der Waals surface area contributed by atoms with Gasteiger partial charge in [0.15, 0.2) is 12.2 Å². The van der Waals surface area contributed by atoms with Crippen molar-refractivity contribution in [2.24, 2.45) is 4.99 Å². The molecule has 0 radical (unpaired) electrons. The van der Waals surface area contributed by atoms with Gasteiger partial charge in [-0.2, -0.15) is 0 Å². The molecule has 0 aromatic heterocycles. The van der Waals surface area contributed by atoms with Crippen LogP contribution in [0.15, 0.2) is 16.4 Å². The maximum Gasteiger partial charge on any atom is 0.200 e. The Hall–Kier alpha value is -1.27. The summed E-state index contributed by atoms with van der Waals surface area (Å²) >= 11 is 0. The van der Waals surface area contributed by atoms with Gasteiger partial charge in [0.2, 0.25) is 0 Å². The van der Waals surface area contributed by atoms with E-state index in [2.05, 4.69) is 25.4 Å². The van der Waals surface area contributed by atoms with Crippen LogP contribution in [0.1, 0.15) is 12.8 Å². The fraction of sp³-hybridized carbons (Fsp3) is 0.769. The molecule has 2 fully saturated rings. The van der Waals surface area contributed by atoms with Gasteiger partial charge in [-0.3, -0.25) is 9.89 Å². The van der Waals surface area contributed by atoms with E-state index in [1.807, 2.05) is 14.1 Å². The first kappa shape index (κ1) is 12.7. The van der Waals surface area contributed by atoms with Crippen molar-refractivity contribution in [3.63, 3.8) is 0 Å². The van der Waals surface area contributed by atoms with Crippen molar-refractivity contribution in [2.45, 2.75) is 25.1 Å². The first-order chi connectivity index (χ1) is 9.28. The molecule has 3 rings (SSSR count). The van der Waals surface area contributed by atoms with Gasteiger partial charge in [-0.25, -0.2) is 0 Å². The number of hydrogen-bond acceptors (Lipinski definition) is 4. The summed E-state index contributed by atoms with van der Waals surface area (Å²) < 4.78 is 5.52. The molecule has 106 valence electrons. The van der Waals surface area contributed by atoms with Gasteiger partial charge in [0.25, 0.3) is 0 Å². The summed E-state index contributed by atoms with van der Waals surface area (Å²) in [6, 6.07) is 0.612. The largest absolute Gasteiger partial charge is 0.386 e. The minimum atomic E-state index is -0.120. The number of nitrogens with zero attached hydrogens (tertiary/aromatic N) is 3. The lowest BCUT2D eigenvalue weighted by molar-refractivity contribution is 0.103. The summed E-state index contributed by atoms with van der Waals surface area (Å²) in [5.41, 5.74) is 2.46. The van der Waals surface area contributed by atoms with E-state index in [1.165, 1.54) is 25.2 Å². The molecule has 2 saturated heterocycles. The number of hydrogen-bond donors (Lipinski definition) is 2. The van der Waals surface area contributed by atoms with E-state index >= 15 is 0 Å². The van der Waals surface area contributed by atoms with Crippen LogP contribution in [0.2, 0.25) is 0 Å². The number of nitrogens with one attached hydrogen (secondary N) is 2. The number of guanidine groups is 1. The number of aliphatic imine (C=N–C) groups is 1. The van der Waals surface area contributed by atoms with E-state index in [1.54, 1.807) is 7.11 Å². The van der Waals surface area contributed by atoms with Crippen molar-refractivity contribution >= 4 is 5.96 Å². The lowest BCUT2D eigenvalue weighted by Crippen LogP contribution is -2.54. The van der Waals surface area contributed by atoms with Crippen LogP contribution in [0.4, 0.5) is 0 Å². The molecule has 2 unspecified atom stereocenters. The third-order valence-electron chi connectivity index (χ3n) is 4.36. The van der Waals surface area contributed by atoms with Crippen LogP contribution in [-0.4, -0.2) is 68.9 Å². The van der Waals surface area contributed by atoms with Gasteiger partial charge in [-0.15, -0.1) is 0 Å². The zero-order valence-electron chi connectivity index (χ0n) is 11.9. The molecule has 0 aliphatic carbocycles. The van der Waals surface area contributed by atoms with Gasteiger partial charge in [0.05, 0.1) is 5.70 Å². The van der Waals surface area contributed by atoms with Crippen LogP contribution < -0.4 is 10.6 Å². The molecule has 2 atom stereocenters. The number of rotatable bonds is 3. The van der Waals surface area contributed by atoms with Gasteiger partial charge in [0.1, 0.15) is 0 Å². The standard InChI is InChI=1S/C13H23N5O/c1-14-11-10-7-9(17-5-4-6-17)8-18(10)13(15-2)16-12(11)19-3/h9,12,14H,4-8H2,1-3H3,(H,15,16). The minimum absolute atomic E-state index is 0.120. The molecule has 6 heteroatoms. The van der Waals surface area contributed by atoms with Gasteiger partial charge in [0, 0.05) is 45.9 Å². The average Bonchev–Trinajstić information content (AvgIpc) is 2.78. The normalized spacial score (nSPS) is 33.2. The van der Waals surface area contributed by atoms with E-state index in [0.717, 1.165) is 24.6 Å². The summed E-state index contributed by atoms with van der Waals surface area (Å²) in [5.74, 6) is 0.920. The average molecular weight is 265 g/mol. The van der Waals surface area contributed by atoms with E-state index in [-0.39, 0.29) is 6.23 Å². The molecule has 0 bridgehead atoms. The monoisotopic (exact) mass is 265 g/mol. The summed E-state index contributed by atoms with van der Waals surface area (Å²) in [4.78, 5) is 9.22. The predicted octanol–water partition coefficient (Wildman–Crippen LogP) is -0.241. The molecule has 0 aromatic carbocycles. The lowest BCUT2D eigenvalue weighted by Gasteiger charge is -2.36. The third kappa shape index (κ3) is 1.99. The van der Waals surface area contributed by atoms with Crippen LogP contribution in [0.5, 0.6) is 0 Å². The molecular formula is C13H23N5O. The van der Waals surface area contributed by atoms with Crippen molar-refractivity contribution in [3.8, 4) is 0 Å². The smallest absolute Gasteiger partial charge is 0.200 e. The van der Waals surface area contributed by atoms with E-state index in [9.17, 15) is 0 Å². The summed E-state index contributed by atoms with van der Waals surface area (Å²) in [6.07, 6.45) is 2.30. The highest BCUT2D eigenvalue weighted by Gasteiger charge is 2.41. The first-order valence-electron chi connectivity index (χ1n) is 6.97. The number of ether oxygens (including phenoxy) is 1. The van der Waals surface area contributed by atoms with Crippen LogP contribution in [0.3, 0.4) is 0 Å².